The fraction of sp³-hybridized carbons (Fsp3) is 0.478. The molecule has 3 rings (SSSR count). The number of hydrogen-bond acceptors (Lipinski definition) is 5. The lowest BCUT2D eigenvalue weighted by Gasteiger charge is -2.19. The van der Waals surface area contributed by atoms with Gasteiger partial charge >= 0.3 is 0 Å². The zero-order valence-corrected chi connectivity index (χ0v) is 19.2. The van der Waals surface area contributed by atoms with Crippen LogP contribution in [0, 0.1) is 0 Å². The molecule has 6 nitrogen and oxygen atoms in total. The molecule has 0 saturated carbocycles. The zero-order chi connectivity index (χ0) is 21.5. The number of hydrogen-bond donors (Lipinski definition) is 1. The molecule has 0 aliphatic carbocycles. The maximum Gasteiger partial charge on any atom is 0.261 e. The van der Waals surface area contributed by atoms with E-state index in [4.69, 9.17) is 4.74 Å². The molecule has 3 aromatic rings. The second-order valence-electron chi connectivity index (χ2n) is 7.43. The highest BCUT2D eigenvalue weighted by molar-refractivity contribution is 7.20. The number of rotatable bonds is 11. The molecule has 0 spiro atoms. The first-order chi connectivity index (χ1) is 14.6. The van der Waals surface area contributed by atoms with Gasteiger partial charge in [0.05, 0.1) is 12.0 Å². The van der Waals surface area contributed by atoms with Gasteiger partial charge in [0.25, 0.3) is 5.91 Å². The number of carbonyl (C=O) groups is 1. The topological polar surface area (TPSA) is 59.4 Å². The molecule has 1 N–H and O–H groups in total. The van der Waals surface area contributed by atoms with Crippen LogP contribution in [-0.2, 0) is 7.05 Å². The summed E-state index contributed by atoms with van der Waals surface area (Å²) in [4.78, 5) is 16.9. The van der Waals surface area contributed by atoms with E-state index < -0.39 is 0 Å². The van der Waals surface area contributed by atoms with Gasteiger partial charge in [-0.05, 0) is 50.7 Å². The molecule has 0 unspecified atom stereocenters. The van der Waals surface area contributed by atoms with Crippen molar-refractivity contribution in [2.75, 3.05) is 33.3 Å². The number of aromatic nitrogens is 2. The van der Waals surface area contributed by atoms with E-state index in [0.717, 1.165) is 58.2 Å². The second-order valence-corrected chi connectivity index (χ2v) is 8.46. The van der Waals surface area contributed by atoms with Gasteiger partial charge in [-0.1, -0.05) is 32.4 Å². The normalized spacial score (nSPS) is 11.4. The number of ether oxygens (including phenoxy) is 1. The Bertz CT molecular complexity index is 979. The van der Waals surface area contributed by atoms with Crippen LogP contribution in [-0.4, -0.2) is 53.9 Å². The number of carbonyl (C=O) groups excluding carboxylic acids is 1. The molecule has 7 heteroatoms. The van der Waals surface area contributed by atoms with Crippen LogP contribution in [0.4, 0.5) is 0 Å². The van der Waals surface area contributed by atoms with Gasteiger partial charge in [0.2, 0.25) is 0 Å². The molecule has 2 heterocycles. The van der Waals surface area contributed by atoms with E-state index in [1.165, 1.54) is 24.2 Å². The lowest BCUT2D eigenvalue weighted by Crippen LogP contribution is -2.30. The molecule has 2 aromatic heterocycles. The fourth-order valence-corrected chi connectivity index (χ4v) is 4.53. The molecule has 0 atom stereocenters. The first-order valence-corrected chi connectivity index (χ1v) is 11.5. The van der Waals surface area contributed by atoms with Gasteiger partial charge in [-0.15, -0.1) is 11.3 Å². The minimum Gasteiger partial charge on any atom is -0.497 e. The van der Waals surface area contributed by atoms with Crippen LogP contribution in [0.2, 0.25) is 0 Å². The molecule has 0 aliphatic rings. The number of benzene rings is 1. The highest BCUT2D eigenvalue weighted by Gasteiger charge is 2.18. The van der Waals surface area contributed by atoms with Crippen LogP contribution in [0.3, 0.4) is 0 Å². The number of methoxy groups -OCH3 is 1. The SMILES string of the molecule is CCCCN(CC)CCCNC(=O)c1cc2c(-c3cccc(OC)c3)nn(C)c2s1. The van der Waals surface area contributed by atoms with Crippen molar-refractivity contribution >= 4 is 27.5 Å². The Balaban J connectivity index is 1.66. The van der Waals surface area contributed by atoms with E-state index >= 15 is 0 Å². The maximum absolute atomic E-state index is 12.7. The smallest absolute Gasteiger partial charge is 0.261 e. The number of nitrogens with zero attached hydrogens (tertiary/aromatic N) is 3. The monoisotopic (exact) mass is 428 g/mol. The molecule has 0 fully saturated rings. The third-order valence-corrected chi connectivity index (χ3v) is 6.49. The number of unbranched alkanes of at least 4 members (excludes halogenated alkanes) is 1. The molecular weight excluding hydrogens is 396 g/mol. The summed E-state index contributed by atoms with van der Waals surface area (Å²) in [6.07, 6.45) is 3.40. The van der Waals surface area contributed by atoms with Gasteiger partial charge in [0, 0.05) is 24.5 Å². The van der Waals surface area contributed by atoms with Crippen LogP contribution in [0.15, 0.2) is 30.3 Å². The van der Waals surface area contributed by atoms with Crippen molar-refractivity contribution in [1.82, 2.24) is 20.0 Å². The van der Waals surface area contributed by atoms with Crippen LogP contribution in [0.25, 0.3) is 21.5 Å². The third kappa shape index (κ3) is 5.21. The minimum atomic E-state index is -0.00982. The predicted octanol–water partition coefficient (Wildman–Crippen LogP) is 4.55. The Hall–Kier alpha value is -2.38. The van der Waals surface area contributed by atoms with Gasteiger partial charge in [-0.2, -0.15) is 5.10 Å². The molecular formula is C23H32N4O2S. The summed E-state index contributed by atoms with van der Waals surface area (Å²) in [5.41, 5.74) is 1.85. The Labute approximate surface area is 182 Å². The van der Waals surface area contributed by atoms with E-state index in [1.54, 1.807) is 7.11 Å². The fourth-order valence-electron chi connectivity index (χ4n) is 3.54. The number of fused-ring (bicyclic) bond motifs is 1. The molecule has 1 aromatic carbocycles. The van der Waals surface area contributed by atoms with Crippen LogP contribution in [0.5, 0.6) is 5.75 Å². The lowest BCUT2D eigenvalue weighted by atomic mass is 10.1. The highest BCUT2D eigenvalue weighted by atomic mass is 32.1. The maximum atomic E-state index is 12.7. The standard InChI is InChI=1S/C23H32N4O2S/c1-5-7-13-27(6-2)14-9-12-24-22(28)20-16-19-21(25-26(3)23(19)30-20)17-10-8-11-18(15-17)29-4/h8,10-11,15-16H,5-7,9,12-14H2,1-4H3,(H,24,28). The number of amides is 1. The summed E-state index contributed by atoms with van der Waals surface area (Å²) in [5.74, 6) is 0.781. The van der Waals surface area contributed by atoms with Crippen molar-refractivity contribution in [2.45, 2.75) is 33.1 Å². The largest absolute Gasteiger partial charge is 0.497 e. The quantitative estimate of drug-likeness (QED) is 0.455. The predicted molar refractivity (Wildman–Crippen MR) is 125 cm³/mol. The van der Waals surface area contributed by atoms with Crippen molar-refractivity contribution in [2.24, 2.45) is 7.05 Å². The number of thiophene rings is 1. The Morgan fingerprint density at radius 1 is 1.23 bits per heavy atom. The van der Waals surface area contributed by atoms with Crippen LogP contribution >= 0.6 is 11.3 Å². The summed E-state index contributed by atoms with van der Waals surface area (Å²) in [7, 11) is 3.57. The molecule has 0 radical (unpaired) electrons. The van der Waals surface area contributed by atoms with Gasteiger partial charge in [-0.3, -0.25) is 9.48 Å². The van der Waals surface area contributed by atoms with Gasteiger partial charge in [0.15, 0.2) is 0 Å². The second kappa shape index (κ2) is 10.6. The van der Waals surface area contributed by atoms with Crippen molar-refractivity contribution < 1.29 is 9.53 Å². The molecule has 0 aliphatic heterocycles. The van der Waals surface area contributed by atoms with E-state index in [1.807, 2.05) is 42.1 Å². The van der Waals surface area contributed by atoms with E-state index in [9.17, 15) is 4.79 Å². The van der Waals surface area contributed by atoms with E-state index in [0.29, 0.717) is 6.54 Å². The van der Waals surface area contributed by atoms with Crippen molar-refractivity contribution in [3.63, 3.8) is 0 Å². The third-order valence-electron chi connectivity index (χ3n) is 5.29. The minimum absolute atomic E-state index is 0.00982. The summed E-state index contributed by atoms with van der Waals surface area (Å²) in [6, 6.07) is 9.81. The Kier molecular flexibility index (Phi) is 7.87. The summed E-state index contributed by atoms with van der Waals surface area (Å²) in [5, 5.41) is 8.73. The average Bonchev–Trinajstić information content (AvgIpc) is 3.34. The first-order valence-electron chi connectivity index (χ1n) is 10.7. The zero-order valence-electron chi connectivity index (χ0n) is 18.4. The summed E-state index contributed by atoms with van der Waals surface area (Å²) < 4.78 is 7.19. The Morgan fingerprint density at radius 3 is 2.77 bits per heavy atom. The van der Waals surface area contributed by atoms with Crippen LogP contribution < -0.4 is 10.1 Å². The highest BCUT2D eigenvalue weighted by Crippen LogP contribution is 2.34. The van der Waals surface area contributed by atoms with Crippen molar-refractivity contribution in [3.8, 4) is 17.0 Å². The molecule has 0 saturated heterocycles. The lowest BCUT2D eigenvalue weighted by molar-refractivity contribution is 0.0956. The van der Waals surface area contributed by atoms with Crippen LogP contribution in [0.1, 0.15) is 42.8 Å². The van der Waals surface area contributed by atoms with Gasteiger partial charge in [0.1, 0.15) is 16.3 Å². The van der Waals surface area contributed by atoms with Crippen molar-refractivity contribution in [3.05, 3.63) is 35.2 Å². The summed E-state index contributed by atoms with van der Waals surface area (Å²) in [6.45, 7) is 8.32. The van der Waals surface area contributed by atoms with Gasteiger partial charge in [-0.25, -0.2) is 0 Å². The first kappa shape index (κ1) is 22.3. The van der Waals surface area contributed by atoms with Crippen molar-refractivity contribution in [1.29, 1.82) is 0 Å². The number of nitrogens with one attached hydrogen (secondary N) is 1. The Morgan fingerprint density at radius 2 is 2.03 bits per heavy atom. The number of aryl methyl sites for hydroxylation is 1. The average molecular weight is 429 g/mol. The van der Waals surface area contributed by atoms with Gasteiger partial charge < -0.3 is 15.0 Å². The summed E-state index contributed by atoms with van der Waals surface area (Å²) >= 11 is 1.48. The van der Waals surface area contributed by atoms with E-state index in [2.05, 4.69) is 29.2 Å². The molecule has 0 bridgehead atoms. The molecule has 30 heavy (non-hydrogen) atoms. The molecule has 1 amide bonds. The van der Waals surface area contributed by atoms with E-state index in [-0.39, 0.29) is 5.91 Å². The molecule has 162 valence electrons.